The van der Waals surface area contributed by atoms with Crippen LogP contribution in [0.5, 0.6) is 0 Å². The van der Waals surface area contributed by atoms with Crippen LogP contribution in [0.2, 0.25) is 0 Å². The summed E-state index contributed by atoms with van der Waals surface area (Å²) in [5.41, 5.74) is 1.20. The number of halogens is 1. The maximum atomic E-state index is 13.1. The molecule has 5 heteroatoms. The largest absolute Gasteiger partial charge is 0.383 e. The van der Waals surface area contributed by atoms with Crippen LogP contribution < -0.4 is 5.32 Å². The quantitative estimate of drug-likeness (QED) is 0.668. The van der Waals surface area contributed by atoms with Gasteiger partial charge < -0.3 is 10.4 Å². The number of benzene rings is 2. The Bertz CT molecular complexity index is 932. The van der Waals surface area contributed by atoms with E-state index in [1.807, 2.05) is 42.5 Å². The average molecular weight is 381 g/mol. The highest BCUT2D eigenvalue weighted by Gasteiger charge is 2.51. The fourth-order valence-corrected chi connectivity index (χ4v) is 4.28. The summed E-state index contributed by atoms with van der Waals surface area (Å²) in [6.45, 7) is 0.425. The molecule has 3 nitrogen and oxygen atoms in total. The van der Waals surface area contributed by atoms with Crippen molar-refractivity contribution in [3.05, 3.63) is 93.4 Å². The van der Waals surface area contributed by atoms with E-state index in [9.17, 15) is 14.3 Å². The minimum absolute atomic E-state index is 0.0207. The van der Waals surface area contributed by atoms with Gasteiger partial charge in [0, 0.05) is 9.75 Å². The molecule has 3 aromatic rings. The molecular formula is C22H20FNO2S. The molecule has 1 unspecified atom stereocenters. The summed E-state index contributed by atoms with van der Waals surface area (Å²) in [7, 11) is 0. The SMILES string of the molecule is O=C(NCc1ccc(C(O)c2ccccc2)s1)C1(c2ccc(F)cc2)CC1. The Morgan fingerprint density at radius 1 is 1.07 bits per heavy atom. The van der Waals surface area contributed by atoms with Gasteiger partial charge in [-0.05, 0) is 48.2 Å². The number of nitrogens with one attached hydrogen (secondary N) is 1. The van der Waals surface area contributed by atoms with E-state index in [1.165, 1.54) is 23.5 Å². The smallest absolute Gasteiger partial charge is 0.230 e. The Labute approximate surface area is 161 Å². The number of hydrogen-bond acceptors (Lipinski definition) is 3. The van der Waals surface area contributed by atoms with Crippen LogP contribution in [0.25, 0.3) is 0 Å². The van der Waals surface area contributed by atoms with Gasteiger partial charge in [-0.15, -0.1) is 11.3 Å². The molecule has 1 fully saturated rings. The van der Waals surface area contributed by atoms with Gasteiger partial charge >= 0.3 is 0 Å². The molecule has 4 rings (SSSR count). The molecule has 1 heterocycles. The van der Waals surface area contributed by atoms with Crippen LogP contribution in [0.1, 0.15) is 39.8 Å². The topological polar surface area (TPSA) is 49.3 Å². The number of aliphatic hydroxyl groups excluding tert-OH is 1. The molecule has 1 amide bonds. The van der Waals surface area contributed by atoms with Crippen molar-refractivity contribution in [2.45, 2.75) is 30.9 Å². The van der Waals surface area contributed by atoms with Crippen molar-refractivity contribution in [3.63, 3.8) is 0 Å². The molecule has 2 N–H and O–H groups in total. The lowest BCUT2D eigenvalue weighted by atomic mass is 9.95. The van der Waals surface area contributed by atoms with Crippen molar-refractivity contribution in [1.29, 1.82) is 0 Å². The second-order valence-electron chi connectivity index (χ2n) is 6.89. The summed E-state index contributed by atoms with van der Waals surface area (Å²) in [6.07, 6.45) is 0.911. The predicted octanol–water partition coefficient (Wildman–Crippen LogP) is 4.32. The lowest BCUT2D eigenvalue weighted by molar-refractivity contribution is -0.123. The molecule has 27 heavy (non-hydrogen) atoms. The van der Waals surface area contributed by atoms with E-state index < -0.39 is 11.5 Å². The summed E-state index contributed by atoms with van der Waals surface area (Å²) in [5.74, 6) is -0.314. The molecule has 0 spiro atoms. The molecule has 1 aliphatic carbocycles. The zero-order chi connectivity index (χ0) is 18.9. The Balaban J connectivity index is 1.40. The van der Waals surface area contributed by atoms with Crippen LogP contribution in [-0.4, -0.2) is 11.0 Å². The van der Waals surface area contributed by atoms with Crippen molar-refractivity contribution >= 4 is 17.2 Å². The normalized spacial score (nSPS) is 15.9. The van der Waals surface area contributed by atoms with Crippen LogP contribution in [0.3, 0.4) is 0 Å². The van der Waals surface area contributed by atoms with Crippen LogP contribution in [0.15, 0.2) is 66.7 Å². The Hall–Kier alpha value is -2.50. The summed E-state index contributed by atoms with van der Waals surface area (Å²) < 4.78 is 13.1. The molecule has 0 bridgehead atoms. The van der Waals surface area contributed by atoms with Gasteiger partial charge in [0.1, 0.15) is 11.9 Å². The first-order chi connectivity index (χ1) is 13.1. The summed E-state index contributed by atoms with van der Waals surface area (Å²) in [4.78, 5) is 14.5. The average Bonchev–Trinajstić information content (AvgIpc) is 3.38. The Morgan fingerprint density at radius 2 is 1.78 bits per heavy atom. The van der Waals surface area contributed by atoms with Gasteiger partial charge in [-0.3, -0.25) is 4.79 Å². The van der Waals surface area contributed by atoms with Crippen molar-refractivity contribution in [1.82, 2.24) is 5.32 Å². The van der Waals surface area contributed by atoms with E-state index in [-0.39, 0.29) is 11.7 Å². The van der Waals surface area contributed by atoms with Crippen LogP contribution in [-0.2, 0) is 16.8 Å². The first-order valence-electron chi connectivity index (χ1n) is 8.94. The monoisotopic (exact) mass is 381 g/mol. The van der Waals surface area contributed by atoms with Gasteiger partial charge in [-0.2, -0.15) is 0 Å². The van der Waals surface area contributed by atoms with Gasteiger partial charge in [0.15, 0.2) is 0 Å². The minimum atomic E-state index is -0.658. The third-order valence-electron chi connectivity index (χ3n) is 5.07. The minimum Gasteiger partial charge on any atom is -0.383 e. The van der Waals surface area contributed by atoms with E-state index in [0.29, 0.717) is 6.54 Å². The van der Waals surface area contributed by atoms with Gasteiger partial charge in [0.05, 0.1) is 12.0 Å². The molecule has 1 atom stereocenters. The lowest BCUT2D eigenvalue weighted by Crippen LogP contribution is -2.34. The molecule has 0 saturated heterocycles. The predicted molar refractivity (Wildman–Crippen MR) is 104 cm³/mol. The third kappa shape index (κ3) is 3.66. The number of aliphatic hydroxyl groups is 1. The van der Waals surface area contributed by atoms with E-state index in [0.717, 1.165) is 33.7 Å². The number of carbonyl (C=O) groups is 1. The van der Waals surface area contributed by atoms with Crippen LogP contribution in [0, 0.1) is 5.82 Å². The highest BCUT2D eigenvalue weighted by Crippen LogP contribution is 2.48. The Kier molecular flexibility index (Phi) is 4.81. The van der Waals surface area contributed by atoms with Crippen molar-refractivity contribution in [2.75, 3.05) is 0 Å². The molecule has 2 aromatic carbocycles. The van der Waals surface area contributed by atoms with Gasteiger partial charge in [-0.1, -0.05) is 42.5 Å². The van der Waals surface area contributed by atoms with Gasteiger partial charge in [-0.25, -0.2) is 4.39 Å². The van der Waals surface area contributed by atoms with Crippen molar-refractivity contribution < 1.29 is 14.3 Å². The molecule has 138 valence electrons. The number of carbonyl (C=O) groups excluding carboxylic acids is 1. The highest BCUT2D eigenvalue weighted by molar-refractivity contribution is 7.12. The fraction of sp³-hybridized carbons (Fsp3) is 0.227. The molecular weight excluding hydrogens is 361 g/mol. The lowest BCUT2D eigenvalue weighted by Gasteiger charge is -2.15. The second kappa shape index (κ2) is 7.25. The van der Waals surface area contributed by atoms with E-state index in [1.54, 1.807) is 12.1 Å². The third-order valence-corrected chi connectivity index (χ3v) is 6.21. The van der Waals surface area contributed by atoms with Crippen molar-refractivity contribution in [3.8, 4) is 0 Å². The summed E-state index contributed by atoms with van der Waals surface area (Å²) >= 11 is 1.49. The first-order valence-corrected chi connectivity index (χ1v) is 9.76. The molecule has 1 aromatic heterocycles. The fourth-order valence-electron chi connectivity index (χ4n) is 3.31. The molecule has 1 aliphatic rings. The molecule has 0 radical (unpaired) electrons. The van der Waals surface area contributed by atoms with Crippen LogP contribution in [0.4, 0.5) is 4.39 Å². The van der Waals surface area contributed by atoms with Gasteiger partial charge in [0.2, 0.25) is 5.91 Å². The zero-order valence-electron chi connectivity index (χ0n) is 14.7. The number of thiophene rings is 1. The maximum Gasteiger partial charge on any atom is 0.230 e. The van der Waals surface area contributed by atoms with E-state index in [2.05, 4.69) is 5.32 Å². The second-order valence-corrected chi connectivity index (χ2v) is 8.09. The molecule has 1 saturated carbocycles. The summed E-state index contributed by atoms with van der Waals surface area (Å²) in [5, 5.41) is 13.5. The van der Waals surface area contributed by atoms with E-state index >= 15 is 0 Å². The zero-order valence-corrected chi connectivity index (χ0v) is 15.5. The summed E-state index contributed by atoms with van der Waals surface area (Å²) in [6, 6.07) is 19.5. The van der Waals surface area contributed by atoms with E-state index in [4.69, 9.17) is 0 Å². The number of amides is 1. The standard InChI is InChI=1S/C22H20FNO2S/c23-17-8-6-16(7-9-17)22(12-13-22)21(26)24-14-18-10-11-19(27-18)20(25)15-4-2-1-3-5-15/h1-11,20,25H,12-14H2,(H,24,26). The first kappa shape index (κ1) is 17.9. The van der Waals surface area contributed by atoms with Crippen LogP contribution >= 0.6 is 11.3 Å². The maximum absolute atomic E-state index is 13.1. The highest BCUT2D eigenvalue weighted by atomic mass is 32.1. The molecule has 0 aliphatic heterocycles. The number of rotatable bonds is 6. The van der Waals surface area contributed by atoms with Crippen molar-refractivity contribution in [2.24, 2.45) is 0 Å². The van der Waals surface area contributed by atoms with Gasteiger partial charge in [0.25, 0.3) is 0 Å². The number of hydrogen-bond donors (Lipinski definition) is 2. The Morgan fingerprint density at radius 3 is 2.44 bits per heavy atom.